The van der Waals surface area contributed by atoms with Gasteiger partial charge in [0.2, 0.25) is 5.95 Å². The number of hydrogen-bond acceptors (Lipinski definition) is 6. The van der Waals surface area contributed by atoms with Gasteiger partial charge in [-0.1, -0.05) is 0 Å². The monoisotopic (exact) mass is 404 g/mol. The van der Waals surface area contributed by atoms with Crippen molar-refractivity contribution in [3.05, 3.63) is 41.8 Å². The van der Waals surface area contributed by atoms with Crippen molar-refractivity contribution < 1.29 is 9.13 Å². The van der Waals surface area contributed by atoms with Crippen LogP contribution in [0.5, 0.6) is 0 Å². The van der Waals surface area contributed by atoms with Gasteiger partial charge in [-0.2, -0.15) is 4.98 Å². The number of halogens is 1. The standard InChI is InChI=1S/C19H25FN6OS/c1-14-13-17(23-16-5-3-15(20)4-6-16)24-18(22-14)25-19(28)21-7-2-8-26-9-11-27-12-10-26/h3-6,13H,2,7-12H2,1H3,(H3,21,22,23,24,25,28). The lowest BCUT2D eigenvalue weighted by atomic mass is 10.3. The zero-order chi connectivity index (χ0) is 19.8. The Morgan fingerprint density at radius 2 is 1.96 bits per heavy atom. The minimum absolute atomic E-state index is 0.281. The summed E-state index contributed by atoms with van der Waals surface area (Å²) in [6.45, 7) is 7.27. The van der Waals surface area contributed by atoms with Gasteiger partial charge in [-0.05, 0) is 56.4 Å². The molecule has 0 bridgehead atoms. The molecule has 1 aliphatic heterocycles. The van der Waals surface area contributed by atoms with Gasteiger partial charge < -0.3 is 20.7 Å². The lowest BCUT2D eigenvalue weighted by Gasteiger charge is -2.26. The van der Waals surface area contributed by atoms with Crippen LogP contribution in [-0.4, -0.2) is 59.4 Å². The maximum atomic E-state index is 13.0. The number of nitrogens with zero attached hydrogens (tertiary/aromatic N) is 3. The molecule has 7 nitrogen and oxygen atoms in total. The lowest BCUT2D eigenvalue weighted by Crippen LogP contribution is -2.38. The first-order chi connectivity index (χ1) is 13.6. The number of hydrogen-bond donors (Lipinski definition) is 3. The maximum absolute atomic E-state index is 13.0. The summed E-state index contributed by atoms with van der Waals surface area (Å²) in [7, 11) is 0. The molecule has 2 heterocycles. The zero-order valence-corrected chi connectivity index (χ0v) is 16.7. The Balaban J connectivity index is 1.46. The molecule has 1 aliphatic rings. The molecule has 3 N–H and O–H groups in total. The number of thiocarbonyl (C=S) groups is 1. The highest BCUT2D eigenvalue weighted by Gasteiger charge is 2.09. The van der Waals surface area contributed by atoms with Gasteiger partial charge >= 0.3 is 0 Å². The maximum Gasteiger partial charge on any atom is 0.231 e. The largest absolute Gasteiger partial charge is 0.379 e. The van der Waals surface area contributed by atoms with Gasteiger partial charge in [-0.25, -0.2) is 9.37 Å². The second-order valence-corrected chi connectivity index (χ2v) is 6.95. The molecule has 1 fully saturated rings. The van der Waals surface area contributed by atoms with Crippen molar-refractivity contribution in [2.24, 2.45) is 0 Å². The zero-order valence-electron chi connectivity index (χ0n) is 15.9. The number of rotatable bonds is 7. The van der Waals surface area contributed by atoms with Crippen LogP contribution in [-0.2, 0) is 4.74 Å². The van der Waals surface area contributed by atoms with Gasteiger partial charge in [0, 0.05) is 37.1 Å². The van der Waals surface area contributed by atoms with E-state index in [1.807, 2.05) is 13.0 Å². The smallest absolute Gasteiger partial charge is 0.231 e. The van der Waals surface area contributed by atoms with Crippen molar-refractivity contribution in [3.8, 4) is 0 Å². The number of aromatic nitrogens is 2. The van der Waals surface area contributed by atoms with Crippen molar-refractivity contribution in [2.45, 2.75) is 13.3 Å². The third kappa shape index (κ3) is 6.66. The number of morpholine rings is 1. The van der Waals surface area contributed by atoms with Crippen LogP contribution in [0.4, 0.5) is 21.8 Å². The number of benzene rings is 1. The SMILES string of the molecule is Cc1cc(Nc2ccc(F)cc2)nc(NC(=S)NCCCN2CCOCC2)n1. The Labute approximate surface area is 169 Å². The number of anilines is 3. The minimum atomic E-state index is -0.281. The molecular formula is C19H25FN6OS. The molecule has 9 heteroatoms. The van der Waals surface area contributed by atoms with Crippen molar-refractivity contribution in [3.63, 3.8) is 0 Å². The molecule has 0 aliphatic carbocycles. The fourth-order valence-electron chi connectivity index (χ4n) is 2.84. The van der Waals surface area contributed by atoms with Crippen molar-refractivity contribution in [2.75, 3.05) is 50.0 Å². The molecule has 1 saturated heterocycles. The fourth-order valence-corrected chi connectivity index (χ4v) is 3.04. The highest BCUT2D eigenvalue weighted by molar-refractivity contribution is 7.80. The van der Waals surface area contributed by atoms with E-state index in [2.05, 4.69) is 30.8 Å². The molecule has 2 aromatic rings. The molecule has 1 aromatic carbocycles. The summed E-state index contributed by atoms with van der Waals surface area (Å²) in [5, 5.41) is 9.83. The Bertz CT molecular complexity index is 782. The summed E-state index contributed by atoms with van der Waals surface area (Å²) in [6, 6.07) is 7.91. The van der Waals surface area contributed by atoms with E-state index in [4.69, 9.17) is 17.0 Å². The van der Waals surface area contributed by atoms with E-state index in [1.165, 1.54) is 12.1 Å². The van der Waals surface area contributed by atoms with E-state index in [-0.39, 0.29) is 5.82 Å². The molecule has 28 heavy (non-hydrogen) atoms. The van der Waals surface area contributed by atoms with E-state index < -0.39 is 0 Å². The highest BCUT2D eigenvalue weighted by Crippen LogP contribution is 2.17. The third-order valence-corrected chi connectivity index (χ3v) is 4.48. The van der Waals surface area contributed by atoms with Gasteiger partial charge in [0.05, 0.1) is 13.2 Å². The van der Waals surface area contributed by atoms with E-state index in [1.54, 1.807) is 12.1 Å². The number of aryl methyl sites for hydroxylation is 1. The molecule has 3 rings (SSSR count). The van der Waals surface area contributed by atoms with Gasteiger partial charge in [-0.15, -0.1) is 0 Å². The van der Waals surface area contributed by atoms with Crippen LogP contribution < -0.4 is 16.0 Å². The molecule has 1 aromatic heterocycles. The second kappa shape index (κ2) is 10.3. The van der Waals surface area contributed by atoms with Crippen LogP contribution >= 0.6 is 12.2 Å². The molecule has 150 valence electrons. The number of ether oxygens (including phenoxy) is 1. The second-order valence-electron chi connectivity index (χ2n) is 6.54. The van der Waals surface area contributed by atoms with E-state index in [0.29, 0.717) is 16.9 Å². The Morgan fingerprint density at radius 3 is 2.71 bits per heavy atom. The van der Waals surface area contributed by atoms with Gasteiger partial charge in [-0.3, -0.25) is 4.90 Å². The first-order valence-corrected chi connectivity index (χ1v) is 9.72. The van der Waals surface area contributed by atoms with Gasteiger partial charge in [0.1, 0.15) is 11.6 Å². The summed E-state index contributed by atoms with van der Waals surface area (Å²) in [4.78, 5) is 11.2. The summed E-state index contributed by atoms with van der Waals surface area (Å²) in [6.07, 6.45) is 0.994. The normalized spacial score (nSPS) is 14.5. The molecule has 0 radical (unpaired) electrons. The van der Waals surface area contributed by atoms with Gasteiger partial charge in [0.25, 0.3) is 0 Å². The number of nitrogens with one attached hydrogen (secondary N) is 3. The Hall–Kier alpha value is -2.36. The molecule has 0 saturated carbocycles. The summed E-state index contributed by atoms with van der Waals surface area (Å²) in [5.74, 6) is 0.740. The predicted molar refractivity (Wildman–Crippen MR) is 113 cm³/mol. The van der Waals surface area contributed by atoms with Crippen LogP contribution in [0.2, 0.25) is 0 Å². The first-order valence-electron chi connectivity index (χ1n) is 9.32. The van der Waals surface area contributed by atoms with Crippen LogP contribution in [0.3, 0.4) is 0 Å². The van der Waals surface area contributed by atoms with Crippen molar-refractivity contribution >= 4 is 34.8 Å². The summed E-state index contributed by atoms with van der Waals surface area (Å²) < 4.78 is 18.4. The van der Waals surface area contributed by atoms with E-state index in [0.717, 1.165) is 57.2 Å². The van der Waals surface area contributed by atoms with E-state index >= 15 is 0 Å². The molecule has 0 spiro atoms. The van der Waals surface area contributed by atoms with Crippen LogP contribution in [0.15, 0.2) is 30.3 Å². The topological polar surface area (TPSA) is 74.3 Å². The first kappa shape index (κ1) is 20.4. The highest BCUT2D eigenvalue weighted by atomic mass is 32.1. The van der Waals surface area contributed by atoms with Crippen LogP contribution in [0.25, 0.3) is 0 Å². The fraction of sp³-hybridized carbons (Fsp3) is 0.421. The van der Waals surface area contributed by atoms with Gasteiger partial charge in [0.15, 0.2) is 5.11 Å². The van der Waals surface area contributed by atoms with E-state index in [9.17, 15) is 4.39 Å². The van der Waals surface area contributed by atoms with Crippen LogP contribution in [0, 0.1) is 12.7 Å². The Morgan fingerprint density at radius 1 is 1.21 bits per heavy atom. The van der Waals surface area contributed by atoms with Crippen LogP contribution in [0.1, 0.15) is 12.1 Å². The summed E-state index contributed by atoms with van der Waals surface area (Å²) >= 11 is 5.34. The van der Waals surface area contributed by atoms with Crippen molar-refractivity contribution in [1.82, 2.24) is 20.2 Å². The third-order valence-electron chi connectivity index (χ3n) is 4.24. The average Bonchev–Trinajstić information content (AvgIpc) is 2.67. The molecule has 0 atom stereocenters. The minimum Gasteiger partial charge on any atom is -0.379 e. The molecular weight excluding hydrogens is 379 g/mol. The predicted octanol–water partition coefficient (Wildman–Crippen LogP) is 2.68. The Kier molecular flexibility index (Phi) is 7.46. The summed E-state index contributed by atoms with van der Waals surface area (Å²) in [5.41, 5.74) is 1.53. The van der Waals surface area contributed by atoms with Crippen molar-refractivity contribution in [1.29, 1.82) is 0 Å². The average molecular weight is 405 g/mol. The molecule has 0 unspecified atom stereocenters. The molecule has 0 amide bonds. The lowest BCUT2D eigenvalue weighted by molar-refractivity contribution is 0.0376. The quantitative estimate of drug-likeness (QED) is 0.481.